The van der Waals surface area contributed by atoms with Crippen LogP contribution in [0.15, 0.2) is 29.1 Å². The molecule has 17 heavy (non-hydrogen) atoms. The average molecular weight is 296 g/mol. The molecule has 0 spiro atoms. The van der Waals surface area contributed by atoms with Gasteiger partial charge in [0.1, 0.15) is 11.6 Å². The van der Waals surface area contributed by atoms with E-state index in [1.807, 2.05) is 6.07 Å². The van der Waals surface area contributed by atoms with Crippen molar-refractivity contribution in [2.24, 2.45) is 0 Å². The molecule has 4 N–H and O–H groups in total. The molecule has 0 aliphatic carbocycles. The number of nitrogens with two attached hydrogens (primary N) is 1. The summed E-state index contributed by atoms with van der Waals surface area (Å²) >= 11 is 3.33. The summed E-state index contributed by atoms with van der Waals surface area (Å²) in [5.74, 6) is 1.56. The van der Waals surface area contributed by atoms with Gasteiger partial charge in [0, 0.05) is 23.1 Å². The minimum atomic E-state index is 0.0842. The van der Waals surface area contributed by atoms with Crippen LogP contribution >= 0.6 is 15.9 Å². The van der Waals surface area contributed by atoms with Gasteiger partial charge in [-0.2, -0.15) is 0 Å². The molecule has 2 rings (SSSR count). The van der Waals surface area contributed by atoms with Gasteiger partial charge in [0.15, 0.2) is 0 Å². The molecular formula is C11H14BrN5. The van der Waals surface area contributed by atoms with E-state index in [9.17, 15) is 0 Å². The highest BCUT2D eigenvalue weighted by Crippen LogP contribution is 2.24. The maximum Gasteiger partial charge on any atom is 0.149 e. The number of halogens is 1. The van der Waals surface area contributed by atoms with Gasteiger partial charge < -0.3 is 16.0 Å². The predicted molar refractivity (Wildman–Crippen MR) is 71.6 cm³/mol. The summed E-state index contributed by atoms with van der Waals surface area (Å²) in [5.41, 5.74) is 6.51. The number of nitrogens with zero attached hydrogens (tertiary/aromatic N) is 2. The number of H-pyrrole nitrogens is 1. The highest BCUT2D eigenvalue weighted by molar-refractivity contribution is 9.10. The normalized spacial score (nSPS) is 12.4. The van der Waals surface area contributed by atoms with Crippen molar-refractivity contribution < 1.29 is 0 Å². The fourth-order valence-electron chi connectivity index (χ4n) is 1.57. The average Bonchev–Trinajstić information content (AvgIpc) is 2.81. The Balaban J connectivity index is 2.19. The lowest BCUT2D eigenvalue weighted by Crippen LogP contribution is -2.13. The molecule has 2 heterocycles. The molecule has 0 fully saturated rings. The number of rotatable bonds is 4. The topological polar surface area (TPSA) is 79.6 Å². The minimum absolute atomic E-state index is 0.0842. The van der Waals surface area contributed by atoms with Crippen molar-refractivity contribution in [2.45, 2.75) is 19.4 Å². The van der Waals surface area contributed by atoms with Crippen molar-refractivity contribution >= 4 is 27.4 Å². The lowest BCUT2D eigenvalue weighted by molar-refractivity contribution is 0.700. The van der Waals surface area contributed by atoms with Gasteiger partial charge in [-0.25, -0.2) is 9.97 Å². The summed E-state index contributed by atoms with van der Waals surface area (Å²) in [5, 5.41) is 3.28. The zero-order valence-corrected chi connectivity index (χ0v) is 11.0. The summed E-state index contributed by atoms with van der Waals surface area (Å²) in [7, 11) is 0. The second-order valence-corrected chi connectivity index (χ2v) is 4.59. The van der Waals surface area contributed by atoms with E-state index >= 15 is 0 Å². The molecule has 1 atom stereocenters. The van der Waals surface area contributed by atoms with Crippen LogP contribution in [0.25, 0.3) is 0 Å². The molecule has 0 radical (unpaired) electrons. The smallest absolute Gasteiger partial charge is 0.149 e. The van der Waals surface area contributed by atoms with E-state index in [4.69, 9.17) is 5.73 Å². The first-order valence-corrected chi connectivity index (χ1v) is 6.17. The Bertz CT molecular complexity index is 483. The van der Waals surface area contributed by atoms with Gasteiger partial charge in [0.05, 0.1) is 11.7 Å². The fourth-order valence-corrected chi connectivity index (χ4v) is 1.92. The summed E-state index contributed by atoms with van der Waals surface area (Å²) in [6.07, 6.45) is 6.15. The lowest BCUT2D eigenvalue weighted by Gasteiger charge is -2.16. The second kappa shape index (κ2) is 5.18. The maximum absolute atomic E-state index is 5.89. The van der Waals surface area contributed by atoms with Gasteiger partial charge in [-0.05, 0) is 28.4 Å². The van der Waals surface area contributed by atoms with Gasteiger partial charge in [-0.1, -0.05) is 6.92 Å². The van der Waals surface area contributed by atoms with Gasteiger partial charge >= 0.3 is 0 Å². The number of hydrogen-bond acceptors (Lipinski definition) is 4. The number of pyridine rings is 1. The highest BCUT2D eigenvalue weighted by atomic mass is 79.9. The molecule has 1 unspecified atom stereocenters. The molecule has 2 aromatic heterocycles. The van der Waals surface area contributed by atoms with Gasteiger partial charge in [-0.3, -0.25) is 0 Å². The Morgan fingerprint density at radius 1 is 1.53 bits per heavy atom. The summed E-state index contributed by atoms with van der Waals surface area (Å²) < 4.78 is 0.867. The minimum Gasteiger partial charge on any atom is -0.396 e. The number of hydrogen-bond donors (Lipinski definition) is 3. The Morgan fingerprint density at radius 3 is 2.94 bits per heavy atom. The Hall–Kier alpha value is -1.56. The van der Waals surface area contributed by atoms with Gasteiger partial charge in [0.2, 0.25) is 0 Å². The van der Waals surface area contributed by atoms with Gasteiger partial charge in [-0.15, -0.1) is 0 Å². The Morgan fingerprint density at radius 2 is 2.35 bits per heavy atom. The van der Waals surface area contributed by atoms with Crippen LogP contribution in [-0.2, 0) is 0 Å². The maximum atomic E-state index is 5.89. The molecule has 0 saturated carbocycles. The van der Waals surface area contributed by atoms with E-state index in [2.05, 4.69) is 43.1 Å². The van der Waals surface area contributed by atoms with Crippen LogP contribution in [-0.4, -0.2) is 15.0 Å². The van der Waals surface area contributed by atoms with E-state index in [1.165, 1.54) is 0 Å². The Labute approximate surface area is 108 Å². The van der Waals surface area contributed by atoms with Crippen LogP contribution in [0.1, 0.15) is 25.2 Å². The number of nitrogen functional groups attached to an aromatic ring is 1. The standard InChI is InChI=1S/C11H14BrN5/c1-2-9(11-14-3-4-15-11)17-10-8(13)5-7(12)6-16-10/h3-6,9H,2,13H2,1H3,(H,14,15)(H,16,17). The molecule has 0 amide bonds. The molecule has 6 heteroatoms. The summed E-state index contributed by atoms with van der Waals surface area (Å²) in [4.78, 5) is 11.6. The van der Waals surface area contributed by atoms with E-state index in [-0.39, 0.29) is 6.04 Å². The molecule has 2 aromatic rings. The highest BCUT2D eigenvalue weighted by Gasteiger charge is 2.13. The van der Waals surface area contributed by atoms with Crippen LogP contribution in [0.5, 0.6) is 0 Å². The van der Waals surface area contributed by atoms with E-state index in [0.29, 0.717) is 11.5 Å². The first-order chi connectivity index (χ1) is 8.20. The number of aromatic nitrogens is 3. The third-order valence-electron chi connectivity index (χ3n) is 2.45. The summed E-state index contributed by atoms with van der Waals surface area (Å²) in [6, 6.07) is 1.91. The van der Waals surface area contributed by atoms with Crippen molar-refractivity contribution in [2.75, 3.05) is 11.1 Å². The van der Waals surface area contributed by atoms with Crippen LogP contribution in [0.4, 0.5) is 11.5 Å². The monoisotopic (exact) mass is 295 g/mol. The molecule has 0 aromatic carbocycles. The zero-order chi connectivity index (χ0) is 12.3. The Kier molecular flexibility index (Phi) is 3.63. The van der Waals surface area contributed by atoms with E-state index in [0.717, 1.165) is 16.7 Å². The molecule has 5 nitrogen and oxygen atoms in total. The zero-order valence-electron chi connectivity index (χ0n) is 9.44. The number of imidazole rings is 1. The molecule has 0 aliphatic rings. The van der Waals surface area contributed by atoms with Crippen molar-refractivity contribution in [1.29, 1.82) is 0 Å². The SMILES string of the molecule is CCC(Nc1ncc(Br)cc1N)c1ncc[nH]1. The second-order valence-electron chi connectivity index (χ2n) is 3.67. The fraction of sp³-hybridized carbons (Fsp3) is 0.273. The number of anilines is 2. The predicted octanol–water partition coefficient (Wildman–Crippen LogP) is 2.71. The first-order valence-electron chi connectivity index (χ1n) is 5.37. The third-order valence-corrected chi connectivity index (χ3v) is 2.89. The van der Waals surface area contributed by atoms with E-state index < -0.39 is 0 Å². The van der Waals surface area contributed by atoms with E-state index in [1.54, 1.807) is 18.6 Å². The first kappa shape index (κ1) is 11.9. The van der Waals surface area contributed by atoms with Crippen molar-refractivity contribution in [3.8, 4) is 0 Å². The van der Waals surface area contributed by atoms with Crippen LogP contribution in [0.3, 0.4) is 0 Å². The number of aromatic amines is 1. The van der Waals surface area contributed by atoms with Crippen LogP contribution in [0.2, 0.25) is 0 Å². The van der Waals surface area contributed by atoms with Gasteiger partial charge in [0.25, 0.3) is 0 Å². The largest absolute Gasteiger partial charge is 0.396 e. The van der Waals surface area contributed by atoms with Crippen molar-refractivity contribution in [3.05, 3.63) is 35.0 Å². The van der Waals surface area contributed by atoms with Crippen LogP contribution in [0, 0.1) is 0 Å². The van der Waals surface area contributed by atoms with Crippen molar-refractivity contribution in [1.82, 2.24) is 15.0 Å². The molecule has 0 bridgehead atoms. The van der Waals surface area contributed by atoms with Crippen LogP contribution < -0.4 is 11.1 Å². The lowest BCUT2D eigenvalue weighted by atomic mass is 10.2. The molecular weight excluding hydrogens is 282 g/mol. The summed E-state index contributed by atoms with van der Waals surface area (Å²) in [6.45, 7) is 2.08. The molecule has 0 aliphatic heterocycles. The quantitative estimate of drug-likeness (QED) is 0.810. The molecule has 90 valence electrons. The van der Waals surface area contributed by atoms with Crippen molar-refractivity contribution in [3.63, 3.8) is 0 Å². The number of nitrogens with one attached hydrogen (secondary N) is 2. The molecule has 0 saturated heterocycles. The third kappa shape index (κ3) is 2.76.